The fourth-order valence-electron chi connectivity index (χ4n) is 10.1. The highest BCUT2D eigenvalue weighted by Gasteiger charge is 2.21. The van der Waals surface area contributed by atoms with E-state index in [1.54, 1.807) is 0 Å². The molecule has 0 spiro atoms. The molecule has 13 aromatic rings. The molecule has 0 bridgehead atoms. The molecular weight excluding hydrogens is 789 g/mol. The molecule has 3 heterocycles. The second kappa shape index (κ2) is 15.0. The maximum atomic E-state index is 6.42. The third-order valence-electron chi connectivity index (χ3n) is 13.2. The third-order valence-corrected chi connectivity index (χ3v) is 13.2. The summed E-state index contributed by atoms with van der Waals surface area (Å²) in [5, 5.41) is 8.52. The average molecular weight is 829 g/mol. The molecule has 0 unspecified atom stereocenters. The first-order chi connectivity index (χ1) is 32.2. The standard InChI is InChI=1S/C62H40N2O/c1-3-13-41(14-4-1)42-22-24-43(25-23-42)44-26-31-48(32-27-44)64(50-35-37-53-52-18-9-10-21-58(52)65-59(53)40-50)49-33-28-45(29-34-49)47-30-36-54-56(39-47)51-17-7-8-19-55(51)62-61(54)60(46-15-5-2-6-16-46)57-20-11-12-38-63(57)62/h1-40H. The van der Waals surface area contributed by atoms with E-state index in [2.05, 4.69) is 240 Å². The van der Waals surface area contributed by atoms with Gasteiger partial charge in [0.25, 0.3) is 0 Å². The van der Waals surface area contributed by atoms with Gasteiger partial charge in [-0.05, 0) is 116 Å². The lowest BCUT2D eigenvalue weighted by Gasteiger charge is -2.26. The minimum atomic E-state index is 0.865. The summed E-state index contributed by atoms with van der Waals surface area (Å²) in [6.45, 7) is 0. The number of pyridine rings is 1. The fourth-order valence-corrected chi connectivity index (χ4v) is 10.1. The number of hydrogen-bond acceptors (Lipinski definition) is 2. The predicted octanol–water partition coefficient (Wildman–Crippen LogP) is 17.4. The molecule has 0 saturated heterocycles. The number of benzene rings is 10. The molecule has 0 aliphatic rings. The summed E-state index contributed by atoms with van der Waals surface area (Å²) in [6, 6.07) is 85.4. The number of rotatable bonds is 7. The molecule has 0 radical (unpaired) electrons. The minimum absolute atomic E-state index is 0.865. The second-order valence-electron chi connectivity index (χ2n) is 16.9. The van der Waals surface area contributed by atoms with Crippen molar-refractivity contribution in [1.29, 1.82) is 0 Å². The van der Waals surface area contributed by atoms with E-state index in [0.717, 1.165) is 44.6 Å². The van der Waals surface area contributed by atoms with Crippen LogP contribution in [0.4, 0.5) is 17.1 Å². The number of fused-ring (bicyclic) bond motifs is 11. The average Bonchev–Trinajstić information content (AvgIpc) is 3.94. The molecule has 10 aromatic carbocycles. The molecule has 3 heteroatoms. The Kier molecular flexibility index (Phi) is 8.53. The van der Waals surface area contributed by atoms with Gasteiger partial charge in [0.1, 0.15) is 11.2 Å². The molecule has 304 valence electrons. The Morgan fingerprint density at radius 3 is 1.49 bits per heavy atom. The van der Waals surface area contributed by atoms with Crippen LogP contribution in [0, 0.1) is 0 Å². The van der Waals surface area contributed by atoms with Crippen LogP contribution in [-0.4, -0.2) is 4.40 Å². The van der Waals surface area contributed by atoms with Gasteiger partial charge in [-0.3, -0.25) is 0 Å². The molecule has 0 saturated carbocycles. The zero-order valence-electron chi connectivity index (χ0n) is 35.4. The lowest BCUT2D eigenvalue weighted by Crippen LogP contribution is -2.09. The Labute approximate surface area is 376 Å². The number of furan rings is 1. The van der Waals surface area contributed by atoms with Gasteiger partial charge in [-0.2, -0.15) is 0 Å². The monoisotopic (exact) mass is 828 g/mol. The lowest BCUT2D eigenvalue weighted by molar-refractivity contribution is 0.669. The Balaban J connectivity index is 0.918. The van der Waals surface area contributed by atoms with Crippen molar-refractivity contribution < 1.29 is 4.42 Å². The highest BCUT2D eigenvalue weighted by atomic mass is 16.3. The highest BCUT2D eigenvalue weighted by molar-refractivity contribution is 6.30. The summed E-state index contributed by atoms with van der Waals surface area (Å²) < 4.78 is 8.80. The Morgan fingerprint density at radius 2 is 0.800 bits per heavy atom. The van der Waals surface area contributed by atoms with Gasteiger partial charge in [-0.1, -0.05) is 170 Å². The molecule has 3 aromatic heterocycles. The molecule has 0 aliphatic carbocycles. The van der Waals surface area contributed by atoms with Gasteiger partial charge < -0.3 is 13.7 Å². The maximum Gasteiger partial charge on any atom is 0.137 e. The van der Waals surface area contributed by atoms with Gasteiger partial charge in [-0.15, -0.1) is 0 Å². The summed E-state index contributed by atoms with van der Waals surface area (Å²) in [5.41, 5.74) is 17.0. The molecule has 0 fully saturated rings. The van der Waals surface area contributed by atoms with Crippen molar-refractivity contribution in [2.75, 3.05) is 4.90 Å². The van der Waals surface area contributed by atoms with Gasteiger partial charge in [0.05, 0.1) is 11.0 Å². The van der Waals surface area contributed by atoms with Crippen molar-refractivity contribution in [3.8, 4) is 44.5 Å². The number of aromatic nitrogens is 1. The highest BCUT2D eigenvalue weighted by Crippen LogP contribution is 2.46. The van der Waals surface area contributed by atoms with Crippen molar-refractivity contribution in [2.45, 2.75) is 0 Å². The van der Waals surface area contributed by atoms with Crippen molar-refractivity contribution >= 4 is 77.0 Å². The van der Waals surface area contributed by atoms with Crippen LogP contribution >= 0.6 is 0 Å². The van der Waals surface area contributed by atoms with Crippen LogP contribution in [0.5, 0.6) is 0 Å². The molecule has 0 aliphatic heterocycles. The van der Waals surface area contributed by atoms with Crippen LogP contribution in [0.25, 0.3) is 104 Å². The smallest absolute Gasteiger partial charge is 0.137 e. The molecule has 3 nitrogen and oxygen atoms in total. The second-order valence-corrected chi connectivity index (χ2v) is 16.9. The quantitative estimate of drug-likeness (QED) is 0.149. The third kappa shape index (κ3) is 6.12. The van der Waals surface area contributed by atoms with E-state index in [1.807, 2.05) is 12.1 Å². The molecule has 13 rings (SSSR count). The topological polar surface area (TPSA) is 20.8 Å². The largest absolute Gasteiger partial charge is 0.456 e. The van der Waals surface area contributed by atoms with Crippen molar-refractivity contribution in [3.63, 3.8) is 0 Å². The van der Waals surface area contributed by atoms with Crippen molar-refractivity contribution in [1.82, 2.24) is 4.40 Å². The summed E-state index contributed by atoms with van der Waals surface area (Å²) in [6.07, 6.45) is 2.20. The van der Waals surface area contributed by atoms with Gasteiger partial charge >= 0.3 is 0 Å². The van der Waals surface area contributed by atoms with E-state index < -0.39 is 0 Å². The summed E-state index contributed by atoms with van der Waals surface area (Å²) in [7, 11) is 0. The Morgan fingerprint density at radius 1 is 0.308 bits per heavy atom. The van der Waals surface area contributed by atoms with E-state index >= 15 is 0 Å². The van der Waals surface area contributed by atoms with Crippen LogP contribution < -0.4 is 4.90 Å². The van der Waals surface area contributed by atoms with E-state index in [0.29, 0.717) is 0 Å². The van der Waals surface area contributed by atoms with E-state index in [1.165, 1.54) is 76.9 Å². The zero-order valence-corrected chi connectivity index (χ0v) is 35.4. The predicted molar refractivity (Wildman–Crippen MR) is 274 cm³/mol. The Bertz CT molecular complexity index is 3900. The normalized spacial score (nSPS) is 11.7. The van der Waals surface area contributed by atoms with Crippen molar-refractivity contribution in [3.05, 3.63) is 243 Å². The first-order valence-electron chi connectivity index (χ1n) is 22.2. The number of anilines is 3. The van der Waals surface area contributed by atoms with E-state index in [4.69, 9.17) is 4.42 Å². The van der Waals surface area contributed by atoms with Crippen LogP contribution in [0.3, 0.4) is 0 Å². The maximum absolute atomic E-state index is 6.42. The van der Waals surface area contributed by atoms with E-state index in [9.17, 15) is 0 Å². The summed E-state index contributed by atoms with van der Waals surface area (Å²) in [4.78, 5) is 2.33. The number of para-hydroxylation sites is 1. The SMILES string of the molecule is c1ccc(-c2ccc(-c3ccc(N(c4ccc(-c5ccc6c(c5)c5ccccc5c5c6c(-c6ccccc6)c6ccccn65)cc4)c4ccc5c(c4)oc4ccccc45)cc3)cc2)cc1. The molecular formula is C62H40N2O. The van der Waals surface area contributed by atoms with Gasteiger partial charge in [-0.25, -0.2) is 0 Å². The van der Waals surface area contributed by atoms with E-state index in [-0.39, 0.29) is 0 Å². The Hall–Kier alpha value is -8.66. The number of hydrogen-bond donors (Lipinski definition) is 0. The van der Waals surface area contributed by atoms with Crippen LogP contribution in [-0.2, 0) is 0 Å². The van der Waals surface area contributed by atoms with Gasteiger partial charge in [0, 0.05) is 56.4 Å². The molecule has 0 N–H and O–H groups in total. The number of nitrogens with zero attached hydrogens (tertiary/aromatic N) is 2. The molecule has 65 heavy (non-hydrogen) atoms. The fraction of sp³-hybridized carbons (Fsp3) is 0. The first kappa shape index (κ1) is 36.9. The first-order valence-corrected chi connectivity index (χ1v) is 22.2. The van der Waals surface area contributed by atoms with Gasteiger partial charge in [0.2, 0.25) is 0 Å². The van der Waals surface area contributed by atoms with Crippen LogP contribution in [0.2, 0.25) is 0 Å². The van der Waals surface area contributed by atoms with Gasteiger partial charge in [0.15, 0.2) is 0 Å². The summed E-state index contributed by atoms with van der Waals surface area (Å²) in [5.74, 6) is 0. The molecule has 0 atom stereocenters. The zero-order chi connectivity index (χ0) is 42.8. The van der Waals surface area contributed by atoms with Crippen molar-refractivity contribution in [2.24, 2.45) is 0 Å². The van der Waals surface area contributed by atoms with Crippen LogP contribution in [0.15, 0.2) is 247 Å². The minimum Gasteiger partial charge on any atom is -0.456 e. The van der Waals surface area contributed by atoms with Crippen LogP contribution in [0.1, 0.15) is 0 Å². The lowest BCUT2D eigenvalue weighted by atomic mass is 9.91. The molecule has 0 amide bonds. The summed E-state index contributed by atoms with van der Waals surface area (Å²) >= 11 is 0.